The van der Waals surface area contributed by atoms with Crippen molar-refractivity contribution in [3.05, 3.63) is 46.7 Å². The Hall–Kier alpha value is -1.25. The zero-order valence-corrected chi connectivity index (χ0v) is 9.08. The third-order valence-corrected chi connectivity index (χ3v) is 2.55. The largest absolute Gasteiger partial charge is 0.461 e. The first-order chi connectivity index (χ1) is 7.20. The minimum absolute atomic E-state index is 0.00383. The fourth-order valence-corrected chi connectivity index (χ4v) is 1.65. The minimum Gasteiger partial charge on any atom is -0.461 e. The van der Waals surface area contributed by atoms with Gasteiger partial charge < -0.3 is 9.52 Å². The first-order valence-electron chi connectivity index (χ1n) is 4.67. The summed E-state index contributed by atoms with van der Waals surface area (Å²) in [6, 6.07) is 9.15. The zero-order valence-electron chi connectivity index (χ0n) is 8.33. The summed E-state index contributed by atoms with van der Waals surface area (Å²) < 4.78 is 5.48. The van der Waals surface area contributed by atoms with Crippen molar-refractivity contribution in [2.45, 2.75) is 13.5 Å². The molecule has 2 nitrogen and oxygen atoms in total. The summed E-state index contributed by atoms with van der Waals surface area (Å²) in [4.78, 5) is 0. The molecule has 1 aromatic carbocycles. The number of hydrogen-bond acceptors (Lipinski definition) is 2. The van der Waals surface area contributed by atoms with E-state index in [2.05, 4.69) is 0 Å². The molecular weight excluding hydrogens is 212 g/mol. The summed E-state index contributed by atoms with van der Waals surface area (Å²) in [6.45, 7) is 1.89. The number of aliphatic hydroxyl groups is 1. The van der Waals surface area contributed by atoms with Crippen molar-refractivity contribution in [3.8, 4) is 11.3 Å². The molecule has 0 aliphatic rings. The molecule has 15 heavy (non-hydrogen) atoms. The Bertz CT molecular complexity index is 474. The molecule has 0 aliphatic carbocycles. The number of halogens is 1. The van der Waals surface area contributed by atoms with E-state index in [1.165, 1.54) is 0 Å². The second kappa shape index (κ2) is 4.09. The van der Waals surface area contributed by atoms with Crippen LogP contribution < -0.4 is 0 Å². The molecule has 2 rings (SSSR count). The first kappa shape index (κ1) is 10.3. The fraction of sp³-hybridized carbons (Fsp3) is 0.167. The predicted octanol–water partition coefficient (Wildman–Crippen LogP) is 3.40. The van der Waals surface area contributed by atoms with Crippen LogP contribution in [-0.2, 0) is 6.61 Å². The molecule has 0 amide bonds. The van der Waals surface area contributed by atoms with Gasteiger partial charge in [0.2, 0.25) is 0 Å². The Kier molecular flexibility index (Phi) is 2.80. The van der Waals surface area contributed by atoms with Crippen LogP contribution in [0.2, 0.25) is 5.02 Å². The van der Waals surface area contributed by atoms with E-state index >= 15 is 0 Å². The maximum Gasteiger partial charge on any atom is 0.135 e. The molecule has 1 aromatic heterocycles. The van der Waals surface area contributed by atoms with Crippen molar-refractivity contribution in [1.29, 1.82) is 0 Å². The van der Waals surface area contributed by atoms with E-state index in [9.17, 15) is 0 Å². The fourth-order valence-electron chi connectivity index (χ4n) is 1.44. The van der Waals surface area contributed by atoms with Gasteiger partial charge in [0.25, 0.3) is 0 Å². The SMILES string of the molecule is Cc1ccc(-c2cc(CO)ccc2Cl)o1. The molecule has 3 heteroatoms. The van der Waals surface area contributed by atoms with Gasteiger partial charge in [0, 0.05) is 5.56 Å². The quantitative estimate of drug-likeness (QED) is 0.845. The van der Waals surface area contributed by atoms with Gasteiger partial charge in [-0.25, -0.2) is 0 Å². The lowest BCUT2D eigenvalue weighted by Crippen LogP contribution is -1.84. The number of rotatable bonds is 2. The van der Waals surface area contributed by atoms with Crippen LogP contribution >= 0.6 is 11.6 Å². The normalized spacial score (nSPS) is 10.6. The Morgan fingerprint density at radius 1 is 1.27 bits per heavy atom. The smallest absolute Gasteiger partial charge is 0.135 e. The highest BCUT2D eigenvalue weighted by Crippen LogP contribution is 2.30. The van der Waals surface area contributed by atoms with Gasteiger partial charge in [-0.15, -0.1) is 0 Å². The van der Waals surface area contributed by atoms with E-state index in [-0.39, 0.29) is 6.61 Å². The molecule has 2 aromatic rings. The van der Waals surface area contributed by atoms with Gasteiger partial charge in [0.05, 0.1) is 11.6 Å². The van der Waals surface area contributed by atoms with Crippen molar-refractivity contribution in [2.24, 2.45) is 0 Å². The standard InChI is InChI=1S/C12H11ClO2/c1-8-2-5-12(15-8)10-6-9(7-14)3-4-11(10)13/h2-6,14H,7H2,1H3. The van der Waals surface area contributed by atoms with Crippen molar-refractivity contribution in [1.82, 2.24) is 0 Å². The van der Waals surface area contributed by atoms with Gasteiger partial charge in [-0.1, -0.05) is 17.7 Å². The van der Waals surface area contributed by atoms with E-state index in [1.807, 2.05) is 25.1 Å². The van der Waals surface area contributed by atoms with Gasteiger partial charge >= 0.3 is 0 Å². The summed E-state index contributed by atoms with van der Waals surface area (Å²) in [6.07, 6.45) is 0. The third kappa shape index (κ3) is 2.06. The highest BCUT2D eigenvalue weighted by molar-refractivity contribution is 6.33. The molecule has 0 radical (unpaired) electrons. The summed E-state index contributed by atoms with van der Waals surface area (Å²) in [5.41, 5.74) is 1.64. The maximum absolute atomic E-state index is 9.03. The average molecular weight is 223 g/mol. The van der Waals surface area contributed by atoms with Crippen LogP contribution in [-0.4, -0.2) is 5.11 Å². The van der Waals surface area contributed by atoms with Crippen LogP contribution in [0.25, 0.3) is 11.3 Å². The second-order valence-corrected chi connectivity index (χ2v) is 3.79. The van der Waals surface area contributed by atoms with Crippen LogP contribution in [0.5, 0.6) is 0 Å². The summed E-state index contributed by atoms with van der Waals surface area (Å²) in [5.74, 6) is 1.57. The molecule has 78 valence electrons. The Morgan fingerprint density at radius 3 is 2.67 bits per heavy atom. The lowest BCUT2D eigenvalue weighted by molar-refractivity contribution is 0.282. The van der Waals surface area contributed by atoms with Crippen LogP contribution in [0.15, 0.2) is 34.7 Å². The van der Waals surface area contributed by atoms with E-state index < -0.39 is 0 Å². The van der Waals surface area contributed by atoms with Crippen molar-refractivity contribution in [3.63, 3.8) is 0 Å². The van der Waals surface area contributed by atoms with Gasteiger partial charge in [0.1, 0.15) is 11.5 Å². The zero-order chi connectivity index (χ0) is 10.8. The van der Waals surface area contributed by atoms with Gasteiger partial charge in [-0.3, -0.25) is 0 Å². The molecule has 1 N–H and O–H groups in total. The van der Waals surface area contributed by atoms with Gasteiger partial charge in [0.15, 0.2) is 0 Å². The maximum atomic E-state index is 9.03. The topological polar surface area (TPSA) is 33.4 Å². The summed E-state index contributed by atoms with van der Waals surface area (Å²) in [7, 11) is 0. The highest BCUT2D eigenvalue weighted by atomic mass is 35.5. The molecule has 0 atom stereocenters. The molecule has 0 spiro atoms. The highest BCUT2D eigenvalue weighted by Gasteiger charge is 2.08. The van der Waals surface area contributed by atoms with Crippen molar-refractivity contribution < 1.29 is 9.52 Å². The summed E-state index contributed by atoms with van der Waals surface area (Å²) >= 11 is 6.06. The second-order valence-electron chi connectivity index (χ2n) is 3.38. The number of aryl methyl sites for hydroxylation is 1. The van der Waals surface area contributed by atoms with Crippen LogP contribution in [0.3, 0.4) is 0 Å². The predicted molar refractivity (Wildman–Crippen MR) is 59.8 cm³/mol. The Morgan fingerprint density at radius 2 is 2.07 bits per heavy atom. The van der Waals surface area contributed by atoms with E-state index in [4.69, 9.17) is 21.1 Å². The van der Waals surface area contributed by atoms with Crippen molar-refractivity contribution >= 4 is 11.6 Å². The minimum atomic E-state index is 0.00383. The molecule has 0 unspecified atom stereocenters. The molecule has 0 bridgehead atoms. The van der Waals surface area contributed by atoms with E-state index in [1.54, 1.807) is 12.1 Å². The Labute approximate surface area is 93.1 Å². The van der Waals surface area contributed by atoms with Gasteiger partial charge in [-0.05, 0) is 36.8 Å². The Balaban J connectivity index is 2.51. The van der Waals surface area contributed by atoms with Crippen LogP contribution in [0, 0.1) is 6.92 Å². The lowest BCUT2D eigenvalue weighted by Gasteiger charge is -2.03. The number of hydrogen-bond donors (Lipinski definition) is 1. The van der Waals surface area contributed by atoms with E-state index in [0.717, 1.165) is 22.6 Å². The molecule has 0 saturated heterocycles. The molecule has 0 saturated carbocycles. The average Bonchev–Trinajstić information content (AvgIpc) is 2.65. The van der Waals surface area contributed by atoms with E-state index in [0.29, 0.717) is 5.02 Å². The molecule has 0 aliphatic heterocycles. The number of aliphatic hydroxyl groups excluding tert-OH is 1. The number of benzene rings is 1. The van der Waals surface area contributed by atoms with Crippen LogP contribution in [0.4, 0.5) is 0 Å². The third-order valence-electron chi connectivity index (χ3n) is 2.22. The summed E-state index contributed by atoms with van der Waals surface area (Å²) in [5, 5.41) is 9.66. The monoisotopic (exact) mass is 222 g/mol. The lowest BCUT2D eigenvalue weighted by atomic mass is 10.1. The van der Waals surface area contributed by atoms with Crippen molar-refractivity contribution in [2.75, 3.05) is 0 Å². The molecule has 0 fully saturated rings. The molecular formula is C12H11ClO2. The van der Waals surface area contributed by atoms with Gasteiger partial charge in [-0.2, -0.15) is 0 Å². The number of furan rings is 1. The first-order valence-corrected chi connectivity index (χ1v) is 5.04. The van der Waals surface area contributed by atoms with Crippen LogP contribution in [0.1, 0.15) is 11.3 Å². The molecule has 1 heterocycles.